The molecule has 0 N–H and O–H groups in total. The lowest BCUT2D eigenvalue weighted by Gasteiger charge is -2.44. The minimum absolute atomic E-state index is 0.106. The third kappa shape index (κ3) is 5.84. The van der Waals surface area contributed by atoms with Gasteiger partial charge in [0.2, 0.25) is 0 Å². The van der Waals surface area contributed by atoms with Crippen LogP contribution in [0.3, 0.4) is 0 Å². The molecule has 0 amide bonds. The molecule has 3 nitrogen and oxygen atoms in total. The van der Waals surface area contributed by atoms with Crippen LogP contribution >= 0.6 is 0 Å². The van der Waals surface area contributed by atoms with Gasteiger partial charge in [-0.15, -0.1) is 0 Å². The van der Waals surface area contributed by atoms with Crippen molar-refractivity contribution in [1.82, 2.24) is 0 Å². The average Bonchev–Trinajstić information content (AvgIpc) is 2.24. The van der Waals surface area contributed by atoms with E-state index in [1.807, 2.05) is 0 Å². The second-order valence-electron chi connectivity index (χ2n) is 7.17. The summed E-state index contributed by atoms with van der Waals surface area (Å²) in [4.78, 5) is 0. The maximum atomic E-state index is 6.30. The molecule has 0 aliphatic carbocycles. The third-order valence-electron chi connectivity index (χ3n) is 3.81. The molecule has 0 radical (unpaired) electrons. The van der Waals surface area contributed by atoms with E-state index in [0.29, 0.717) is 0 Å². The monoisotopic (exact) mass is 304 g/mol. The zero-order chi connectivity index (χ0) is 16.1. The number of rotatable bonds is 9. The van der Waals surface area contributed by atoms with Gasteiger partial charge < -0.3 is 13.3 Å². The molecule has 0 spiro atoms. The second kappa shape index (κ2) is 7.92. The molecule has 20 heavy (non-hydrogen) atoms. The Labute approximate surface area is 127 Å². The smallest absolute Gasteiger partial charge is 0.371 e. The molecular weight excluding hydrogens is 268 g/mol. The second-order valence-corrected chi connectivity index (χ2v) is 9.95. The SMILES string of the molecule is CCC(C)(C)C(C)[Si](OC(C)C)(OC(C)C)OC(C)C. The number of hydrogen-bond acceptors (Lipinski definition) is 3. The lowest BCUT2D eigenvalue weighted by Crippen LogP contribution is -2.56. The molecule has 0 aliphatic heterocycles. The van der Waals surface area contributed by atoms with E-state index in [4.69, 9.17) is 13.3 Å². The van der Waals surface area contributed by atoms with Crippen LogP contribution in [-0.4, -0.2) is 27.1 Å². The van der Waals surface area contributed by atoms with E-state index in [0.717, 1.165) is 6.42 Å². The Kier molecular flexibility index (Phi) is 7.96. The maximum Gasteiger partial charge on any atom is 0.505 e. The first-order chi connectivity index (χ1) is 8.96. The molecule has 4 heteroatoms. The van der Waals surface area contributed by atoms with Crippen LogP contribution < -0.4 is 0 Å². The van der Waals surface area contributed by atoms with Gasteiger partial charge in [-0.1, -0.05) is 34.1 Å². The van der Waals surface area contributed by atoms with Gasteiger partial charge in [-0.05, 0) is 47.0 Å². The lowest BCUT2D eigenvalue weighted by molar-refractivity contribution is -0.0143. The van der Waals surface area contributed by atoms with Crippen LogP contribution in [0.1, 0.15) is 75.7 Å². The van der Waals surface area contributed by atoms with Crippen molar-refractivity contribution in [3.8, 4) is 0 Å². The highest BCUT2D eigenvalue weighted by Gasteiger charge is 2.54. The van der Waals surface area contributed by atoms with Crippen molar-refractivity contribution < 1.29 is 13.3 Å². The van der Waals surface area contributed by atoms with E-state index < -0.39 is 8.80 Å². The first-order valence-electron chi connectivity index (χ1n) is 8.00. The van der Waals surface area contributed by atoms with Gasteiger partial charge in [0.05, 0.1) is 0 Å². The van der Waals surface area contributed by atoms with Crippen molar-refractivity contribution in [2.45, 2.75) is 99.5 Å². The summed E-state index contributed by atoms with van der Waals surface area (Å²) in [6.45, 7) is 21.3. The van der Waals surface area contributed by atoms with Crippen molar-refractivity contribution in [3.05, 3.63) is 0 Å². The predicted octanol–water partition coefficient (Wildman–Crippen LogP) is 5.03. The molecule has 0 rings (SSSR count). The fourth-order valence-corrected chi connectivity index (χ4v) is 6.07. The van der Waals surface area contributed by atoms with E-state index in [1.54, 1.807) is 0 Å². The molecule has 1 atom stereocenters. The molecule has 0 aliphatic rings. The van der Waals surface area contributed by atoms with Crippen molar-refractivity contribution in [2.24, 2.45) is 5.41 Å². The molecule has 0 bridgehead atoms. The normalized spacial score (nSPS) is 15.4. The van der Waals surface area contributed by atoms with Gasteiger partial charge >= 0.3 is 8.80 Å². The zero-order valence-electron chi connectivity index (χ0n) is 15.2. The molecule has 0 aromatic heterocycles. The highest BCUT2D eigenvalue weighted by molar-refractivity contribution is 6.62. The molecule has 1 unspecified atom stereocenters. The molecule has 0 fully saturated rings. The molecule has 0 saturated heterocycles. The van der Waals surface area contributed by atoms with E-state index in [9.17, 15) is 0 Å². The molecule has 0 heterocycles. The van der Waals surface area contributed by atoms with Crippen molar-refractivity contribution in [1.29, 1.82) is 0 Å². The molecule has 0 saturated carbocycles. The predicted molar refractivity (Wildman–Crippen MR) is 87.9 cm³/mol. The Hall–Kier alpha value is 0.0969. The summed E-state index contributed by atoms with van der Waals surface area (Å²) in [5.74, 6) is 0. The average molecular weight is 305 g/mol. The minimum Gasteiger partial charge on any atom is -0.371 e. The fraction of sp³-hybridized carbons (Fsp3) is 1.00. The summed E-state index contributed by atoms with van der Waals surface area (Å²) in [7, 11) is -2.74. The zero-order valence-corrected chi connectivity index (χ0v) is 16.2. The Morgan fingerprint density at radius 3 is 1.25 bits per heavy atom. The maximum absolute atomic E-state index is 6.30. The lowest BCUT2D eigenvalue weighted by atomic mass is 9.87. The Bertz CT molecular complexity index is 248. The van der Waals surface area contributed by atoms with Gasteiger partial charge in [0, 0.05) is 23.9 Å². The summed E-state index contributed by atoms with van der Waals surface area (Å²) in [6, 6.07) is 0. The summed E-state index contributed by atoms with van der Waals surface area (Å²) in [5.41, 5.74) is 0.387. The molecule has 0 aromatic rings. The Balaban J connectivity index is 5.56. The van der Waals surface area contributed by atoms with Crippen LogP contribution in [0.2, 0.25) is 5.54 Å². The first-order valence-corrected chi connectivity index (χ1v) is 9.80. The standard InChI is InChI=1S/C16H36O3Si/c1-11-16(9,10)15(8)20(17-12(2)3,18-13(4)5)19-14(6)7/h12-15H,11H2,1-10H3. The minimum atomic E-state index is -2.74. The van der Waals surface area contributed by atoms with Gasteiger partial charge in [0.1, 0.15) is 0 Å². The van der Waals surface area contributed by atoms with Crippen LogP contribution in [0.5, 0.6) is 0 Å². The fourth-order valence-electron chi connectivity index (χ4n) is 2.16. The Morgan fingerprint density at radius 1 is 0.750 bits per heavy atom. The summed E-state index contributed by atoms with van der Waals surface area (Å²) < 4.78 is 18.9. The summed E-state index contributed by atoms with van der Waals surface area (Å²) >= 11 is 0. The third-order valence-corrected chi connectivity index (χ3v) is 8.06. The van der Waals surface area contributed by atoms with E-state index in [1.165, 1.54) is 0 Å². The van der Waals surface area contributed by atoms with Crippen molar-refractivity contribution in [2.75, 3.05) is 0 Å². The van der Waals surface area contributed by atoms with Crippen LogP contribution in [0.25, 0.3) is 0 Å². The van der Waals surface area contributed by atoms with E-state index >= 15 is 0 Å². The first kappa shape index (κ1) is 20.1. The van der Waals surface area contributed by atoms with Gasteiger partial charge in [-0.2, -0.15) is 0 Å². The highest BCUT2D eigenvalue weighted by atomic mass is 28.4. The van der Waals surface area contributed by atoms with Gasteiger partial charge in [0.25, 0.3) is 0 Å². The van der Waals surface area contributed by atoms with Crippen LogP contribution in [0.15, 0.2) is 0 Å². The molecular formula is C16H36O3Si. The highest BCUT2D eigenvalue weighted by Crippen LogP contribution is 2.44. The molecule has 122 valence electrons. The van der Waals surface area contributed by atoms with E-state index in [2.05, 4.69) is 69.2 Å². The Morgan fingerprint density at radius 2 is 1.05 bits per heavy atom. The largest absolute Gasteiger partial charge is 0.505 e. The van der Waals surface area contributed by atoms with Gasteiger partial charge in [0.15, 0.2) is 0 Å². The summed E-state index contributed by atoms with van der Waals surface area (Å²) in [6.07, 6.45) is 1.39. The van der Waals surface area contributed by atoms with Gasteiger partial charge in [-0.25, -0.2) is 0 Å². The topological polar surface area (TPSA) is 27.7 Å². The van der Waals surface area contributed by atoms with Crippen LogP contribution in [-0.2, 0) is 13.3 Å². The van der Waals surface area contributed by atoms with Gasteiger partial charge in [-0.3, -0.25) is 0 Å². The van der Waals surface area contributed by atoms with Crippen molar-refractivity contribution in [3.63, 3.8) is 0 Å². The van der Waals surface area contributed by atoms with E-state index in [-0.39, 0.29) is 29.3 Å². The number of hydrogen-bond donors (Lipinski definition) is 0. The quantitative estimate of drug-likeness (QED) is 0.559. The van der Waals surface area contributed by atoms with Crippen LogP contribution in [0, 0.1) is 5.41 Å². The van der Waals surface area contributed by atoms with Crippen LogP contribution in [0.4, 0.5) is 0 Å². The van der Waals surface area contributed by atoms with Crippen molar-refractivity contribution >= 4 is 8.80 Å². The summed E-state index contributed by atoms with van der Waals surface area (Å²) in [5, 5.41) is 0. The molecule has 0 aromatic carbocycles.